The van der Waals surface area contributed by atoms with Gasteiger partial charge < -0.3 is 25.0 Å². The predicted octanol–water partition coefficient (Wildman–Crippen LogP) is 2.59. The van der Waals surface area contributed by atoms with Gasteiger partial charge >= 0.3 is 0 Å². The maximum atomic E-state index is 12.4. The minimum absolute atomic E-state index is 0.0277. The highest BCUT2D eigenvalue weighted by Crippen LogP contribution is 2.32. The van der Waals surface area contributed by atoms with E-state index in [9.17, 15) is 13.7 Å². The summed E-state index contributed by atoms with van der Waals surface area (Å²) in [5, 5.41) is 15.6. The van der Waals surface area contributed by atoms with E-state index in [4.69, 9.17) is 9.47 Å². The van der Waals surface area contributed by atoms with Gasteiger partial charge in [-0.2, -0.15) is 10.2 Å². The largest absolute Gasteiger partial charge is 0.494 e. The van der Waals surface area contributed by atoms with E-state index in [1.165, 1.54) is 19.3 Å². The molecule has 4 rings (SSSR count). The molecule has 35 heavy (non-hydrogen) atoms. The summed E-state index contributed by atoms with van der Waals surface area (Å²) in [6, 6.07) is 14.1. The Labute approximate surface area is 203 Å². The summed E-state index contributed by atoms with van der Waals surface area (Å²) in [6.07, 6.45) is 1.36. The van der Waals surface area contributed by atoms with Crippen molar-refractivity contribution in [1.82, 2.24) is 14.7 Å². The van der Waals surface area contributed by atoms with Crippen molar-refractivity contribution in [2.45, 2.75) is 4.90 Å². The van der Waals surface area contributed by atoms with Gasteiger partial charge in [0.2, 0.25) is 16.0 Å². The molecule has 12 heteroatoms. The maximum absolute atomic E-state index is 12.4. The Morgan fingerprint density at radius 2 is 1.89 bits per heavy atom. The number of nitriles is 1. The summed E-state index contributed by atoms with van der Waals surface area (Å²) in [5.41, 5.74) is 2.08. The summed E-state index contributed by atoms with van der Waals surface area (Å²) in [7, 11) is -0.823. The minimum Gasteiger partial charge on any atom is -0.494 e. The number of para-hydroxylation sites is 1. The topological polar surface area (TPSA) is 142 Å². The van der Waals surface area contributed by atoms with Crippen molar-refractivity contribution in [3.8, 4) is 11.8 Å². The second kappa shape index (κ2) is 10.6. The van der Waals surface area contributed by atoms with E-state index in [1.807, 2.05) is 24.3 Å². The molecule has 0 bridgehead atoms. The van der Waals surface area contributed by atoms with Crippen LogP contribution in [0.3, 0.4) is 0 Å². The Morgan fingerprint density at radius 3 is 2.60 bits per heavy atom. The van der Waals surface area contributed by atoms with Crippen LogP contribution in [-0.4, -0.2) is 58.8 Å². The molecular formula is C23H25N7O4S. The number of benzene rings is 2. The number of nitrogens with zero attached hydrogens (tertiary/aromatic N) is 4. The number of anilines is 5. The second-order valence-electron chi connectivity index (χ2n) is 7.51. The number of methoxy groups -OCH3 is 1. The first kappa shape index (κ1) is 24.2. The molecule has 0 radical (unpaired) electrons. The fraction of sp³-hybridized carbons (Fsp3) is 0.261. The normalized spacial score (nSPS) is 13.7. The maximum Gasteiger partial charge on any atom is 0.242 e. The molecule has 0 saturated carbocycles. The zero-order valence-corrected chi connectivity index (χ0v) is 20.1. The van der Waals surface area contributed by atoms with Gasteiger partial charge in [-0.05, 0) is 31.3 Å². The van der Waals surface area contributed by atoms with Crippen molar-refractivity contribution in [2.75, 3.05) is 56.0 Å². The molecule has 2 aromatic carbocycles. The summed E-state index contributed by atoms with van der Waals surface area (Å²) in [5.74, 6) is 0.965. The Hall–Kier alpha value is -3.92. The lowest BCUT2D eigenvalue weighted by Crippen LogP contribution is -2.36. The van der Waals surface area contributed by atoms with Gasteiger partial charge in [-0.15, -0.1) is 0 Å². The minimum atomic E-state index is -3.73. The molecule has 1 aromatic heterocycles. The highest BCUT2D eigenvalue weighted by molar-refractivity contribution is 7.89. The third kappa shape index (κ3) is 5.43. The van der Waals surface area contributed by atoms with Gasteiger partial charge in [-0.1, -0.05) is 12.1 Å². The Kier molecular flexibility index (Phi) is 7.31. The lowest BCUT2D eigenvalue weighted by Gasteiger charge is -2.29. The van der Waals surface area contributed by atoms with Gasteiger partial charge in [0.15, 0.2) is 5.82 Å². The van der Waals surface area contributed by atoms with Crippen LogP contribution in [0, 0.1) is 11.3 Å². The SMILES string of the molecule is CNS(=O)(=O)c1ccccc1Nc1nc(Nc2ccc(N3CCOCC3)cc2OC)ncc1C#N. The van der Waals surface area contributed by atoms with E-state index < -0.39 is 10.0 Å². The standard InChI is InChI=1S/C23H25N7O4S/c1-25-35(31,32)21-6-4-3-5-19(21)27-22-16(14-24)15-26-23(29-22)28-18-8-7-17(13-20(18)33-2)30-9-11-34-12-10-30/h3-8,13,15,25H,9-12H2,1-2H3,(H2,26,27,28,29). The molecule has 0 amide bonds. The summed E-state index contributed by atoms with van der Waals surface area (Å²) in [6.45, 7) is 2.95. The average Bonchev–Trinajstić information content (AvgIpc) is 2.90. The van der Waals surface area contributed by atoms with Crippen LogP contribution in [0.4, 0.5) is 28.8 Å². The Morgan fingerprint density at radius 1 is 1.11 bits per heavy atom. The smallest absolute Gasteiger partial charge is 0.242 e. The molecule has 3 aromatic rings. The van der Waals surface area contributed by atoms with Crippen molar-refractivity contribution in [3.05, 3.63) is 54.2 Å². The van der Waals surface area contributed by atoms with E-state index in [1.54, 1.807) is 25.3 Å². The van der Waals surface area contributed by atoms with E-state index in [-0.39, 0.29) is 27.9 Å². The molecule has 1 fully saturated rings. The van der Waals surface area contributed by atoms with Gasteiger partial charge in [0.05, 0.1) is 37.9 Å². The number of ether oxygens (including phenoxy) is 2. The lowest BCUT2D eigenvalue weighted by atomic mass is 10.2. The molecule has 0 aliphatic carbocycles. The zero-order valence-electron chi connectivity index (χ0n) is 19.3. The van der Waals surface area contributed by atoms with Crippen molar-refractivity contribution in [2.24, 2.45) is 0 Å². The summed E-state index contributed by atoms with van der Waals surface area (Å²) < 4.78 is 38.1. The summed E-state index contributed by atoms with van der Waals surface area (Å²) in [4.78, 5) is 10.9. The Bertz CT molecular complexity index is 1350. The van der Waals surface area contributed by atoms with Gasteiger partial charge in [0.1, 0.15) is 22.3 Å². The molecule has 0 unspecified atom stereocenters. The molecule has 2 heterocycles. The Balaban J connectivity index is 1.63. The number of rotatable bonds is 8. The monoisotopic (exact) mass is 495 g/mol. The first-order valence-electron chi connectivity index (χ1n) is 10.8. The van der Waals surface area contributed by atoms with Gasteiger partial charge in [0, 0.05) is 24.8 Å². The van der Waals surface area contributed by atoms with Gasteiger partial charge in [-0.25, -0.2) is 18.1 Å². The van der Waals surface area contributed by atoms with Crippen LogP contribution in [0.1, 0.15) is 5.56 Å². The lowest BCUT2D eigenvalue weighted by molar-refractivity contribution is 0.122. The highest BCUT2D eigenvalue weighted by atomic mass is 32.2. The van der Waals surface area contributed by atoms with Crippen LogP contribution in [0.2, 0.25) is 0 Å². The van der Waals surface area contributed by atoms with Crippen LogP contribution in [0.25, 0.3) is 0 Å². The molecule has 1 aliphatic heterocycles. The van der Waals surface area contributed by atoms with Crippen molar-refractivity contribution in [3.63, 3.8) is 0 Å². The number of hydrogen-bond donors (Lipinski definition) is 3. The number of nitrogens with one attached hydrogen (secondary N) is 3. The van der Waals surface area contributed by atoms with Crippen molar-refractivity contribution in [1.29, 1.82) is 5.26 Å². The number of hydrogen-bond acceptors (Lipinski definition) is 10. The molecule has 3 N–H and O–H groups in total. The van der Waals surface area contributed by atoms with E-state index in [2.05, 4.69) is 30.2 Å². The quantitative estimate of drug-likeness (QED) is 0.427. The van der Waals surface area contributed by atoms with Gasteiger partial charge in [-0.3, -0.25) is 0 Å². The molecule has 0 spiro atoms. The van der Waals surface area contributed by atoms with Crippen LogP contribution in [-0.2, 0) is 14.8 Å². The second-order valence-corrected chi connectivity index (χ2v) is 9.36. The van der Waals surface area contributed by atoms with E-state index >= 15 is 0 Å². The van der Waals surface area contributed by atoms with Crippen molar-refractivity contribution < 1.29 is 17.9 Å². The van der Waals surface area contributed by atoms with Crippen LogP contribution >= 0.6 is 0 Å². The number of aromatic nitrogens is 2. The van der Waals surface area contributed by atoms with Crippen LogP contribution < -0.4 is 25.0 Å². The third-order valence-corrected chi connectivity index (χ3v) is 6.89. The third-order valence-electron chi connectivity index (χ3n) is 5.42. The van der Waals surface area contributed by atoms with E-state index in [0.29, 0.717) is 24.7 Å². The first-order chi connectivity index (χ1) is 16.9. The zero-order chi connectivity index (χ0) is 24.8. The average molecular weight is 496 g/mol. The molecule has 182 valence electrons. The van der Waals surface area contributed by atoms with E-state index in [0.717, 1.165) is 18.8 Å². The van der Waals surface area contributed by atoms with Crippen LogP contribution in [0.15, 0.2) is 53.6 Å². The predicted molar refractivity (Wildman–Crippen MR) is 132 cm³/mol. The first-order valence-corrected chi connectivity index (χ1v) is 12.3. The number of morpholine rings is 1. The highest BCUT2D eigenvalue weighted by Gasteiger charge is 2.19. The molecule has 1 aliphatic rings. The molecule has 1 saturated heterocycles. The van der Waals surface area contributed by atoms with Crippen molar-refractivity contribution >= 4 is 38.9 Å². The van der Waals surface area contributed by atoms with Crippen LogP contribution in [0.5, 0.6) is 5.75 Å². The molecule has 11 nitrogen and oxygen atoms in total. The fourth-order valence-corrected chi connectivity index (χ4v) is 4.47. The fourth-order valence-electron chi connectivity index (χ4n) is 3.58. The molecular weight excluding hydrogens is 470 g/mol. The number of sulfonamides is 1. The summed E-state index contributed by atoms with van der Waals surface area (Å²) >= 11 is 0. The molecule has 0 atom stereocenters. The van der Waals surface area contributed by atoms with Gasteiger partial charge in [0.25, 0.3) is 0 Å².